The highest BCUT2D eigenvalue weighted by Crippen LogP contribution is 2.23. The van der Waals surface area contributed by atoms with Crippen molar-refractivity contribution in [3.63, 3.8) is 0 Å². The fourth-order valence-corrected chi connectivity index (χ4v) is 4.34. The molecule has 1 unspecified atom stereocenters. The monoisotopic (exact) mass is 370 g/mol. The van der Waals surface area contributed by atoms with Gasteiger partial charge in [0, 0.05) is 32.1 Å². The van der Waals surface area contributed by atoms with Crippen molar-refractivity contribution in [1.29, 1.82) is 0 Å². The molecule has 1 fully saturated rings. The number of amides is 1. The van der Waals surface area contributed by atoms with E-state index >= 15 is 0 Å². The summed E-state index contributed by atoms with van der Waals surface area (Å²) >= 11 is 0. The summed E-state index contributed by atoms with van der Waals surface area (Å²) in [5.74, 6) is -0.280. The molecular formula is C18H27FN2O3S. The minimum absolute atomic E-state index is 0.0653. The van der Waals surface area contributed by atoms with E-state index in [0.717, 1.165) is 5.56 Å². The lowest BCUT2D eigenvalue weighted by Crippen LogP contribution is -2.48. The van der Waals surface area contributed by atoms with E-state index < -0.39 is 15.3 Å². The maximum atomic E-state index is 13.1. The van der Waals surface area contributed by atoms with Crippen LogP contribution in [0.15, 0.2) is 24.3 Å². The van der Waals surface area contributed by atoms with Crippen LogP contribution < -0.4 is 0 Å². The van der Waals surface area contributed by atoms with Gasteiger partial charge in [-0.1, -0.05) is 26.0 Å². The molecule has 1 aromatic rings. The Morgan fingerprint density at radius 1 is 1.16 bits per heavy atom. The average molecular weight is 370 g/mol. The summed E-state index contributed by atoms with van der Waals surface area (Å²) in [5, 5.41) is -0.515. The van der Waals surface area contributed by atoms with Crippen molar-refractivity contribution in [3.05, 3.63) is 35.6 Å². The van der Waals surface area contributed by atoms with E-state index in [2.05, 4.69) is 0 Å². The van der Waals surface area contributed by atoms with Crippen LogP contribution in [0.2, 0.25) is 0 Å². The Labute approximate surface area is 149 Å². The van der Waals surface area contributed by atoms with Crippen molar-refractivity contribution in [3.8, 4) is 0 Å². The number of sulfonamides is 1. The molecule has 1 atom stereocenters. The highest BCUT2D eigenvalue weighted by atomic mass is 32.2. The van der Waals surface area contributed by atoms with Gasteiger partial charge in [0.1, 0.15) is 5.82 Å². The largest absolute Gasteiger partial charge is 0.334 e. The molecule has 1 aliphatic heterocycles. The normalized spacial score (nSPS) is 20.4. The first-order valence-corrected chi connectivity index (χ1v) is 10.2. The Morgan fingerprint density at radius 2 is 1.76 bits per heavy atom. The highest BCUT2D eigenvalue weighted by Gasteiger charge is 2.37. The lowest BCUT2D eigenvalue weighted by Gasteiger charge is -2.35. The Kier molecular flexibility index (Phi) is 6.21. The molecule has 140 valence electrons. The summed E-state index contributed by atoms with van der Waals surface area (Å²) in [5.41, 5.74) is 0.834. The molecule has 1 amide bonds. The van der Waals surface area contributed by atoms with E-state index in [-0.39, 0.29) is 36.6 Å². The van der Waals surface area contributed by atoms with Gasteiger partial charge in [0.25, 0.3) is 0 Å². The second-order valence-corrected chi connectivity index (χ2v) is 9.65. The molecule has 0 bridgehead atoms. The number of nitrogens with zero attached hydrogens (tertiary/aromatic N) is 2. The molecule has 1 saturated heterocycles. The first kappa shape index (κ1) is 19.8. The summed E-state index contributed by atoms with van der Waals surface area (Å²) < 4.78 is 39.7. The van der Waals surface area contributed by atoms with Gasteiger partial charge in [0.2, 0.25) is 15.9 Å². The molecular weight excluding hydrogens is 343 g/mol. The van der Waals surface area contributed by atoms with Gasteiger partial charge >= 0.3 is 0 Å². The Morgan fingerprint density at radius 3 is 2.28 bits per heavy atom. The summed E-state index contributed by atoms with van der Waals surface area (Å²) in [6.07, 6.45) is 0.163. The molecule has 7 heteroatoms. The van der Waals surface area contributed by atoms with Gasteiger partial charge in [-0.2, -0.15) is 4.31 Å². The standard InChI is InChI=1S/C18H27FN2O3S/c1-13(2)17-12-20(25(23,24)14(3)4)10-9-18(22)21(17)11-15-5-7-16(19)8-6-15/h5-8,13-14,17H,9-12H2,1-4H3. The zero-order valence-corrected chi connectivity index (χ0v) is 16.1. The molecule has 1 heterocycles. The molecule has 0 aromatic heterocycles. The maximum Gasteiger partial charge on any atom is 0.224 e. The number of hydrogen-bond donors (Lipinski definition) is 0. The molecule has 0 saturated carbocycles. The molecule has 0 aliphatic carbocycles. The van der Waals surface area contributed by atoms with Gasteiger partial charge in [-0.25, -0.2) is 12.8 Å². The van der Waals surface area contributed by atoms with Crippen LogP contribution in [0, 0.1) is 11.7 Å². The molecule has 0 spiro atoms. The first-order valence-electron chi connectivity index (χ1n) is 8.65. The topological polar surface area (TPSA) is 57.7 Å². The van der Waals surface area contributed by atoms with Crippen LogP contribution in [-0.4, -0.2) is 47.9 Å². The second-order valence-electron chi connectivity index (χ2n) is 7.16. The van der Waals surface area contributed by atoms with Crippen molar-refractivity contribution >= 4 is 15.9 Å². The molecule has 5 nitrogen and oxygen atoms in total. The summed E-state index contributed by atoms with van der Waals surface area (Å²) in [7, 11) is -3.41. The van der Waals surface area contributed by atoms with E-state index in [0.29, 0.717) is 13.1 Å². The third-order valence-corrected chi connectivity index (χ3v) is 6.92. The van der Waals surface area contributed by atoms with Crippen LogP contribution in [0.1, 0.15) is 39.7 Å². The van der Waals surface area contributed by atoms with Crippen molar-refractivity contribution in [1.82, 2.24) is 9.21 Å². The van der Waals surface area contributed by atoms with E-state index in [1.54, 1.807) is 30.9 Å². The number of benzene rings is 1. The van der Waals surface area contributed by atoms with Crippen LogP contribution in [0.3, 0.4) is 0 Å². The van der Waals surface area contributed by atoms with Crippen LogP contribution in [0.5, 0.6) is 0 Å². The minimum Gasteiger partial charge on any atom is -0.334 e. The lowest BCUT2D eigenvalue weighted by molar-refractivity contribution is -0.134. The van der Waals surface area contributed by atoms with Crippen LogP contribution in [-0.2, 0) is 21.4 Å². The highest BCUT2D eigenvalue weighted by molar-refractivity contribution is 7.89. The molecule has 1 aromatic carbocycles. The van der Waals surface area contributed by atoms with Gasteiger partial charge in [0.05, 0.1) is 5.25 Å². The zero-order chi connectivity index (χ0) is 18.8. The van der Waals surface area contributed by atoms with E-state index in [1.807, 2.05) is 13.8 Å². The van der Waals surface area contributed by atoms with Gasteiger partial charge < -0.3 is 4.90 Å². The predicted octanol–water partition coefficient (Wildman–Crippen LogP) is 2.62. The molecule has 0 radical (unpaired) electrons. The quantitative estimate of drug-likeness (QED) is 0.801. The van der Waals surface area contributed by atoms with Crippen LogP contribution in [0.25, 0.3) is 0 Å². The number of carbonyl (C=O) groups is 1. The Bertz CT molecular complexity index is 702. The molecule has 1 aliphatic rings. The molecule has 2 rings (SSSR count). The fourth-order valence-electron chi connectivity index (χ4n) is 3.04. The summed E-state index contributed by atoms with van der Waals surface area (Å²) in [6.45, 7) is 8.15. The van der Waals surface area contributed by atoms with Gasteiger partial charge in [-0.15, -0.1) is 0 Å². The zero-order valence-electron chi connectivity index (χ0n) is 15.3. The van der Waals surface area contributed by atoms with Gasteiger partial charge in [-0.05, 0) is 37.5 Å². The van der Waals surface area contributed by atoms with Gasteiger partial charge in [0.15, 0.2) is 0 Å². The first-order chi connectivity index (χ1) is 11.6. The third-order valence-electron chi connectivity index (χ3n) is 4.68. The number of halogens is 1. The average Bonchev–Trinajstić information content (AvgIpc) is 2.70. The van der Waals surface area contributed by atoms with Crippen molar-refractivity contribution in [2.24, 2.45) is 5.92 Å². The van der Waals surface area contributed by atoms with Crippen molar-refractivity contribution in [2.75, 3.05) is 13.1 Å². The SMILES string of the molecule is CC(C)C1CN(S(=O)(=O)C(C)C)CCC(=O)N1Cc1ccc(F)cc1. The molecule has 25 heavy (non-hydrogen) atoms. The number of rotatable bonds is 5. The minimum atomic E-state index is -3.41. The van der Waals surface area contributed by atoms with E-state index in [9.17, 15) is 17.6 Å². The Hall–Kier alpha value is -1.47. The van der Waals surface area contributed by atoms with Gasteiger partial charge in [-0.3, -0.25) is 4.79 Å². The third kappa shape index (κ3) is 4.58. The molecule has 0 N–H and O–H groups in total. The number of carbonyl (C=O) groups excluding carboxylic acids is 1. The maximum absolute atomic E-state index is 13.1. The van der Waals surface area contributed by atoms with Crippen LogP contribution in [0.4, 0.5) is 4.39 Å². The smallest absolute Gasteiger partial charge is 0.224 e. The second kappa shape index (κ2) is 7.83. The van der Waals surface area contributed by atoms with Crippen molar-refractivity contribution < 1.29 is 17.6 Å². The summed E-state index contributed by atoms with van der Waals surface area (Å²) in [4.78, 5) is 14.4. The fraction of sp³-hybridized carbons (Fsp3) is 0.611. The Balaban J connectivity index is 2.29. The lowest BCUT2D eigenvalue weighted by atomic mass is 10.0. The predicted molar refractivity (Wildman–Crippen MR) is 95.8 cm³/mol. The number of hydrogen-bond acceptors (Lipinski definition) is 3. The summed E-state index contributed by atoms with van der Waals surface area (Å²) in [6, 6.07) is 5.85. The van der Waals surface area contributed by atoms with Crippen molar-refractivity contribution in [2.45, 2.75) is 52.0 Å². The van der Waals surface area contributed by atoms with E-state index in [4.69, 9.17) is 0 Å². The van der Waals surface area contributed by atoms with Crippen LogP contribution >= 0.6 is 0 Å². The van der Waals surface area contributed by atoms with E-state index in [1.165, 1.54) is 16.4 Å².